The molecule has 0 spiro atoms. The molecule has 156 valence electrons. The zero-order valence-corrected chi connectivity index (χ0v) is 17.8. The van der Waals surface area contributed by atoms with E-state index in [0.29, 0.717) is 23.7 Å². The summed E-state index contributed by atoms with van der Waals surface area (Å²) in [6, 6.07) is 11.0. The number of hydrogen-bond acceptors (Lipinski definition) is 6. The lowest BCUT2D eigenvalue weighted by Gasteiger charge is -2.24. The summed E-state index contributed by atoms with van der Waals surface area (Å²) < 4.78 is 17.9. The summed E-state index contributed by atoms with van der Waals surface area (Å²) in [5.41, 5.74) is 2.30. The van der Waals surface area contributed by atoms with Crippen LogP contribution in [0.2, 0.25) is 0 Å². The number of ether oxygens (including phenoxy) is 1. The van der Waals surface area contributed by atoms with Crippen molar-refractivity contribution in [2.45, 2.75) is 55.9 Å². The Labute approximate surface area is 175 Å². The number of nitrogens with one attached hydrogen (secondary N) is 2. The molecule has 6 nitrogen and oxygen atoms in total. The largest absolute Gasteiger partial charge is 0.381 e. The van der Waals surface area contributed by atoms with Crippen molar-refractivity contribution in [1.82, 2.24) is 9.97 Å². The second-order valence-electron chi connectivity index (χ2n) is 7.73. The maximum Gasteiger partial charge on any atom is 0.224 e. The quantitative estimate of drug-likeness (QED) is 0.686. The molecule has 29 heavy (non-hydrogen) atoms. The van der Waals surface area contributed by atoms with Crippen molar-refractivity contribution < 1.29 is 8.95 Å². The minimum absolute atomic E-state index is 0.316. The predicted molar refractivity (Wildman–Crippen MR) is 117 cm³/mol. The smallest absolute Gasteiger partial charge is 0.224 e. The molecule has 2 unspecified atom stereocenters. The number of hydrogen-bond donors (Lipinski definition) is 2. The molecule has 0 bridgehead atoms. The van der Waals surface area contributed by atoms with Gasteiger partial charge in [0.05, 0.1) is 16.5 Å². The van der Waals surface area contributed by atoms with Gasteiger partial charge >= 0.3 is 0 Å². The highest BCUT2D eigenvalue weighted by atomic mass is 32.2. The standard InChI is InChI=1S/C22H30N4O2S/c1-2-16(17-6-4-3-5-7-17)8-12-23-22-25-19-11-15-29(27)20(19)21(26-22)24-18-9-13-28-14-10-18/h3-7,16,18H,2,8-15H2,1H3,(H2,23,24,25,26). The van der Waals surface area contributed by atoms with Crippen LogP contribution in [0, 0.1) is 0 Å². The fourth-order valence-electron chi connectivity index (χ4n) is 4.10. The maximum absolute atomic E-state index is 12.5. The number of rotatable bonds is 8. The fraction of sp³-hybridized carbons (Fsp3) is 0.545. The van der Waals surface area contributed by atoms with E-state index in [-0.39, 0.29) is 0 Å². The average molecular weight is 415 g/mol. The summed E-state index contributed by atoms with van der Waals surface area (Å²) in [6.45, 7) is 4.56. The lowest BCUT2D eigenvalue weighted by Crippen LogP contribution is -2.29. The van der Waals surface area contributed by atoms with Crippen LogP contribution in [0.3, 0.4) is 0 Å². The topological polar surface area (TPSA) is 76.1 Å². The Morgan fingerprint density at radius 1 is 1.21 bits per heavy atom. The van der Waals surface area contributed by atoms with Crippen LogP contribution in [0.4, 0.5) is 11.8 Å². The molecule has 2 aliphatic rings. The van der Waals surface area contributed by atoms with Crippen molar-refractivity contribution in [3.8, 4) is 0 Å². The fourth-order valence-corrected chi connectivity index (χ4v) is 5.41. The maximum atomic E-state index is 12.5. The molecule has 2 aliphatic heterocycles. The third-order valence-corrected chi connectivity index (χ3v) is 7.25. The molecule has 2 N–H and O–H groups in total. The van der Waals surface area contributed by atoms with E-state index >= 15 is 0 Å². The van der Waals surface area contributed by atoms with E-state index in [2.05, 4.69) is 52.9 Å². The monoisotopic (exact) mass is 414 g/mol. The zero-order chi connectivity index (χ0) is 20.1. The van der Waals surface area contributed by atoms with Crippen molar-refractivity contribution in [3.63, 3.8) is 0 Å². The Morgan fingerprint density at radius 2 is 2.00 bits per heavy atom. The van der Waals surface area contributed by atoms with Gasteiger partial charge in [0.25, 0.3) is 0 Å². The van der Waals surface area contributed by atoms with Crippen molar-refractivity contribution >= 4 is 22.6 Å². The van der Waals surface area contributed by atoms with Crippen molar-refractivity contribution in [2.24, 2.45) is 0 Å². The van der Waals surface area contributed by atoms with Gasteiger partial charge < -0.3 is 15.4 Å². The minimum Gasteiger partial charge on any atom is -0.381 e. The van der Waals surface area contributed by atoms with Gasteiger partial charge in [-0.1, -0.05) is 37.3 Å². The molecular formula is C22H30N4O2S. The van der Waals surface area contributed by atoms with Crippen LogP contribution in [-0.2, 0) is 22.0 Å². The molecule has 0 saturated carbocycles. The summed E-state index contributed by atoms with van der Waals surface area (Å²) in [5.74, 6) is 2.54. The number of anilines is 2. The molecule has 0 aliphatic carbocycles. The predicted octanol–water partition coefficient (Wildman–Crippen LogP) is 3.73. The molecule has 1 saturated heterocycles. The molecule has 1 aromatic carbocycles. The van der Waals surface area contributed by atoms with Gasteiger partial charge in [-0.2, -0.15) is 4.98 Å². The normalized spacial score (nSPS) is 20.2. The average Bonchev–Trinajstić information content (AvgIpc) is 3.13. The van der Waals surface area contributed by atoms with Gasteiger partial charge in [0, 0.05) is 38.0 Å². The zero-order valence-electron chi connectivity index (χ0n) is 17.0. The molecule has 7 heteroatoms. The van der Waals surface area contributed by atoms with Crippen molar-refractivity contribution in [2.75, 3.05) is 36.1 Å². The van der Waals surface area contributed by atoms with Gasteiger partial charge in [-0.25, -0.2) is 4.98 Å². The Kier molecular flexibility index (Phi) is 6.77. The first-order chi connectivity index (χ1) is 14.2. The van der Waals surface area contributed by atoms with Crippen molar-refractivity contribution in [1.29, 1.82) is 0 Å². The molecule has 1 fully saturated rings. The van der Waals surface area contributed by atoms with Crippen molar-refractivity contribution in [3.05, 3.63) is 41.6 Å². The second-order valence-corrected chi connectivity index (χ2v) is 9.24. The summed E-state index contributed by atoms with van der Waals surface area (Å²) >= 11 is 0. The molecule has 2 aromatic rings. The highest BCUT2D eigenvalue weighted by Crippen LogP contribution is 2.30. The number of fused-ring (bicyclic) bond motifs is 1. The number of aryl methyl sites for hydroxylation is 1. The number of aromatic nitrogens is 2. The van der Waals surface area contributed by atoms with Gasteiger partial charge in [0.15, 0.2) is 0 Å². The third-order valence-electron chi connectivity index (χ3n) is 5.79. The first kappa shape index (κ1) is 20.3. The van der Waals surface area contributed by atoms with Crippen LogP contribution in [-0.4, -0.2) is 45.7 Å². The first-order valence-corrected chi connectivity index (χ1v) is 12.0. The lowest BCUT2D eigenvalue weighted by atomic mass is 9.93. The van der Waals surface area contributed by atoms with E-state index in [1.54, 1.807) is 0 Å². The van der Waals surface area contributed by atoms with Gasteiger partial charge in [-0.05, 0) is 37.2 Å². The molecular weight excluding hydrogens is 384 g/mol. The minimum atomic E-state index is -1.01. The number of nitrogens with zero attached hydrogens (tertiary/aromatic N) is 2. The van der Waals surface area contributed by atoms with E-state index in [1.807, 2.05) is 0 Å². The lowest BCUT2D eigenvalue weighted by molar-refractivity contribution is 0.0903. The Morgan fingerprint density at radius 3 is 2.76 bits per heavy atom. The molecule has 2 atom stereocenters. The Balaban J connectivity index is 1.44. The SMILES string of the molecule is CCC(CCNc1nc2c(c(NC3CCOCC3)n1)S(=O)CC2)c1ccccc1. The molecule has 0 amide bonds. The van der Waals surface area contributed by atoms with Gasteiger partial charge in [-0.15, -0.1) is 0 Å². The van der Waals surface area contributed by atoms with Gasteiger partial charge in [0.2, 0.25) is 5.95 Å². The first-order valence-electron chi connectivity index (χ1n) is 10.7. The van der Waals surface area contributed by atoms with E-state index in [9.17, 15) is 4.21 Å². The van der Waals surface area contributed by atoms with E-state index in [4.69, 9.17) is 9.72 Å². The molecule has 0 radical (unpaired) electrons. The van der Waals surface area contributed by atoms with E-state index in [1.165, 1.54) is 5.56 Å². The highest BCUT2D eigenvalue weighted by Gasteiger charge is 2.27. The van der Waals surface area contributed by atoms with Gasteiger partial charge in [0.1, 0.15) is 10.7 Å². The van der Waals surface area contributed by atoms with Crippen LogP contribution in [0.5, 0.6) is 0 Å². The summed E-state index contributed by atoms with van der Waals surface area (Å²) in [5, 5.41) is 6.94. The molecule has 1 aromatic heterocycles. The van der Waals surface area contributed by atoms with Crippen LogP contribution in [0.1, 0.15) is 49.8 Å². The highest BCUT2D eigenvalue weighted by molar-refractivity contribution is 7.85. The summed E-state index contributed by atoms with van der Waals surface area (Å²) in [6.07, 6.45) is 4.78. The summed E-state index contributed by atoms with van der Waals surface area (Å²) in [4.78, 5) is 10.2. The third kappa shape index (κ3) is 4.95. The van der Waals surface area contributed by atoms with Crippen LogP contribution < -0.4 is 10.6 Å². The van der Waals surface area contributed by atoms with Crippen LogP contribution in [0.25, 0.3) is 0 Å². The van der Waals surface area contributed by atoms with Gasteiger partial charge in [-0.3, -0.25) is 4.21 Å². The van der Waals surface area contributed by atoms with Crippen LogP contribution in [0.15, 0.2) is 35.2 Å². The van der Waals surface area contributed by atoms with Crippen LogP contribution >= 0.6 is 0 Å². The number of benzene rings is 1. The Bertz CT molecular complexity index is 840. The Hall–Kier alpha value is -1.99. The van der Waals surface area contributed by atoms with E-state index < -0.39 is 10.8 Å². The second kappa shape index (κ2) is 9.67. The molecule has 4 rings (SSSR count). The summed E-state index contributed by atoms with van der Waals surface area (Å²) in [7, 11) is -1.01. The van der Waals surface area contributed by atoms with E-state index in [0.717, 1.165) is 68.3 Å². The molecule has 3 heterocycles.